The summed E-state index contributed by atoms with van der Waals surface area (Å²) in [5.74, 6) is 1.66. The van der Waals surface area contributed by atoms with E-state index in [1.54, 1.807) is 30.3 Å². The number of aromatic amines is 1. The molecule has 5 N–H and O–H groups in total. The lowest BCUT2D eigenvalue weighted by molar-refractivity contribution is -0.0183. The topological polar surface area (TPSA) is 166 Å². The molecule has 4 aromatic rings. The number of nitrogens with zero attached hydrogens (tertiary/aromatic N) is 4. The van der Waals surface area contributed by atoms with Crippen molar-refractivity contribution >= 4 is 11.5 Å². The number of nitrogens with one attached hydrogen (secondary N) is 3. The van der Waals surface area contributed by atoms with Crippen molar-refractivity contribution in [2.24, 2.45) is 5.73 Å². The van der Waals surface area contributed by atoms with Gasteiger partial charge >= 0.3 is 5.69 Å². The monoisotopic (exact) mass is 488 g/mol. The van der Waals surface area contributed by atoms with E-state index in [0.717, 1.165) is 21.5 Å². The van der Waals surface area contributed by atoms with Crippen LogP contribution in [0.4, 0.5) is 5.69 Å². The van der Waals surface area contributed by atoms with Crippen LogP contribution in [-0.2, 0) is 11.3 Å². The van der Waals surface area contributed by atoms with Crippen molar-refractivity contribution in [3.05, 3.63) is 87.9 Å². The zero-order valence-corrected chi connectivity index (χ0v) is 19.4. The fourth-order valence-corrected chi connectivity index (χ4v) is 3.87. The van der Waals surface area contributed by atoms with E-state index in [1.165, 1.54) is 12.4 Å². The third kappa shape index (κ3) is 4.61. The Morgan fingerprint density at radius 2 is 2.06 bits per heavy atom. The highest BCUT2D eigenvalue weighted by Gasteiger charge is 2.25. The van der Waals surface area contributed by atoms with E-state index in [-0.39, 0.29) is 18.6 Å². The summed E-state index contributed by atoms with van der Waals surface area (Å²) >= 11 is 0. The van der Waals surface area contributed by atoms with Crippen molar-refractivity contribution < 1.29 is 14.2 Å². The van der Waals surface area contributed by atoms with Crippen LogP contribution in [0.2, 0.25) is 0 Å². The summed E-state index contributed by atoms with van der Waals surface area (Å²) in [5, 5.41) is 15.5. The van der Waals surface area contributed by atoms with Crippen LogP contribution in [0.15, 0.2) is 59.7 Å². The van der Waals surface area contributed by atoms with E-state index >= 15 is 0 Å². The molecular formula is C24H24N8O4. The Morgan fingerprint density at radius 1 is 1.28 bits per heavy atom. The van der Waals surface area contributed by atoms with Crippen LogP contribution >= 0.6 is 0 Å². The lowest BCUT2D eigenvalue weighted by Crippen LogP contribution is -2.18. The third-order valence-corrected chi connectivity index (χ3v) is 5.49. The van der Waals surface area contributed by atoms with Crippen LogP contribution in [0.25, 0.3) is 5.95 Å². The second-order valence-electron chi connectivity index (χ2n) is 7.90. The van der Waals surface area contributed by atoms with Crippen molar-refractivity contribution in [3.63, 3.8) is 0 Å². The number of nitrogen functional groups attached to an aromatic ring is 1. The number of anilines is 1. The molecule has 0 saturated heterocycles. The molecule has 0 bridgehead atoms. The highest BCUT2D eigenvalue weighted by molar-refractivity contribution is 5.95. The van der Waals surface area contributed by atoms with Gasteiger partial charge in [-0.1, -0.05) is 0 Å². The van der Waals surface area contributed by atoms with Crippen LogP contribution in [0.1, 0.15) is 35.5 Å². The summed E-state index contributed by atoms with van der Waals surface area (Å²) in [5.41, 5.74) is 8.00. The van der Waals surface area contributed by atoms with Gasteiger partial charge in [-0.05, 0) is 55.0 Å². The fourth-order valence-electron chi connectivity index (χ4n) is 3.87. The number of ether oxygens (including phenoxy) is 3. The molecule has 3 heterocycles. The minimum absolute atomic E-state index is 0.0277. The number of rotatable bonds is 8. The molecule has 0 unspecified atom stereocenters. The summed E-state index contributed by atoms with van der Waals surface area (Å²) in [6.07, 6.45) is 3.07. The molecular weight excluding hydrogens is 464 g/mol. The normalized spacial score (nSPS) is 13.4. The number of benzene rings is 2. The molecule has 12 heteroatoms. The summed E-state index contributed by atoms with van der Waals surface area (Å²) in [7, 11) is 0. The molecule has 0 aliphatic carbocycles. The molecule has 1 aliphatic heterocycles. The number of nitrogens with two attached hydrogens (primary N) is 1. The van der Waals surface area contributed by atoms with Gasteiger partial charge in [-0.15, -0.1) is 9.78 Å². The molecule has 0 radical (unpaired) electrons. The maximum absolute atomic E-state index is 12.8. The Kier molecular flexibility index (Phi) is 6.33. The van der Waals surface area contributed by atoms with E-state index < -0.39 is 11.7 Å². The average Bonchev–Trinajstić information content (AvgIpc) is 3.29. The van der Waals surface area contributed by atoms with E-state index in [1.807, 2.05) is 19.1 Å². The van der Waals surface area contributed by atoms with Gasteiger partial charge in [0.2, 0.25) is 0 Å². The Hall–Kier alpha value is -4.71. The minimum atomic E-state index is -0.600. The summed E-state index contributed by atoms with van der Waals surface area (Å²) in [6.45, 7) is 2.84. The van der Waals surface area contributed by atoms with Gasteiger partial charge in [-0.2, -0.15) is 0 Å². The van der Waals surface area contributed by atoms with Crippen molar-refractivity contribution in [2.45, 2.75) is 19.6 Å². The highest BCUT2D eigenvalue weighted by Crippen LogP contribution is 2.39. The van der Waals surface area contributed by atoms with Gasteiger partial charge in [0, 0.05) is 29.2 Å². The molecule has 2 aromatic carbocycles. The van der Waals surface area contributed by atoms with Gasteiger partial charge in [0.1, 0.15) is 11.9 Å². The Bertz CT molecular complexity index is 1430. The van der Waals surface area contributed by atoms with Crippen LogP contribution in [0.3, 0.4) is 0 Å². The van der Waals surface area contributed by atoms with Gasteiger partial charge in [-0.3, -0.25) is 10.4 Å². The molecule has 184 valence electrons. The number of aromatic nitrogens is 5. The summed E-state index contributed by atoms with van der Waals surface area (Å²) in [4.78, 5) is 23.9. The van der Waals surface area contributed by atoms with Gasteiger partial charge in [0.05, 0.1) is 13.2 Å². The van der Waals surface area contributed by atoms with Crippen molar-refractivity contribution in [1.82, 2.24) is 24.7 Å². The standard InChI is InChI=1S/C24H24N8O4/c1-2-35-18-11-15(10-16-12-34-13-36-20(16)18)19(29-17-6-4-14(5-7-17)21(25)26)22-30-24(33)32(31-22)23-27-8-3-9-28-23/h3-11,19,29H,2,12-13H2,1H3,(H3,25,26)(H,30,31,33)/t19-/m0/s1. The number of amidine groups is 1. The molecule has 0 saturated carbocycles. The second kappa shape index (κ2) is 9.88. The Morgan fingerprint density at radius 3 is 2.78 bits per heavy atom. The first kappa shape index (κ1) is 23.1. The first-order valence-electron chi connectivity index (χ1n) is 11.2. The smallest absolute Gasteiger partial charge is 0.350 e. The third-order valence-electron chi connectivity index (χ3n) is 5.49. The van der Waals surface area contributed by atoms with E-state index in [2.05, 4.69) is 25.4 Å². The first-order chi connectivity index (χ1) is 17.5. The van der Waals surface area contributed by atoms with Crippen LogP contribution in [-0.4, -0.2) is 44.0 Å². The van der Waals surface area contributed by atoms with Gasteiger partial charge in [-0.25, -0.2) is 14.8 Å². The molecule has 0 spiro atoms. The lowest BCUT2D eigenvalue weighted by atomic mass is 10.0. The quantitative estimate of drug-likeness (QED) is 0.214. The first-order valence-corrected chi connectivity index (χ1v) is 11.2. The van der Waals surface area contributed by atoms with Crippen molar-refractivity contribution in [2.75, 3.05) is 18.7 Å². The number of hydrogen-bond donors (Lipinski definition) is 4. The largest absolute Gasteiger partial charge is 0.490 e. The molecule has 0 fully saturated rings. The Balaban J connectivity index is 1.61. The molecule has 36 heavy (non-hydrogen) atoms. The predicted molar refractivity (Wildman–Crippen MR) is 131 cm³/mol. The number of fused-ring (bicyclic) bond motifs is 1. The predicted octanol–water partition coefficient (Wildman–Crippen LogP) is 2.10. The van der Waals surface area contributed by atoms with Crippen LogP contribution in [0.5, 0.6) is 11.5 Å². The minimum Gasteiger partial charge on any atom is -0.490 e. The number of hydrogen-bond acceptors (Lipinski definition) is 9. The maximum Gasteiger partial charge on any atom is 0.350 e. The van der Waals surface area contributed by atoms with E-state index in [0.29, 0.717) is 36.1 Å². The van der Waals surface area contributed by atoms with E-state index in [9.17, 15) is 4.79 Å². The van der Waals surface area contributed by atoms with Gasteiger partial charge in [0.25, 0.3) is 5.95 Å². The Labute approximate surface area is 205 Å². The lowest BCUT2D eigenvalue weighted by Gasteiger charge is -2.24. The van der Waals surface area contributed by atoms with Crippen molar-refractivity contribution in [3.8, 4) is 17.4 Å². The molecule has 1 atom stereocenters. The molecule has 1 aliphatic rings. The maximum atomic E-state index is 12.8. The average molecular weight is 489 g/mol. The number of H-pyrrole nitrogens is 1. The van der Waals surface area contributed by atoms with Crippen LogP contribution < -0.4 is 26.2 Å². The van der Waals surface area contributed by atoms with Crippen molar-refractivity contribution in [1.29, 1.82) is 5.41 Å². The highest BCUT2D eigenvalue weighted by atomic mass is 16.7. The van der Waals surface area contributed by atoms with Crippen LogP contribution in [0, 0.1) is 5.41 Å². The zero-order valence-electron chi connectivity index (χ0n) is 19.4. The summed E-state index contributed by atoms with van der Waals surface area (Å²) < 4.78 is 18.1. The fraction of sp³-hybridized carbons (Fsp3) is 0.208. The SMILES string of the molecule is CCOc1cc([C@H](Nc2ccc(C(=N)N)cc2)c2nn(-c3ncccn3)c(=O)[nH]2)cc2c1OCOC2. The molecule has 5 rings (SSSR count). The second-order valence-corrected chi connectivity index (χ2v) is 7.90. The molecule has 0 amide bonds. The summed E-state index contributed by atoms with van der Waals surface area (Å²) in [6, 6.07) is 11.9. The molecule has 2 aromatic heterocycles. The van der Waals surface area contributed by atoms with E-state index in [4.69, 9.17) is 25.4 Å². The zero-order chi connectivity index (χ0) is 25.1. The van der Waals surface area contributed by atoms with Gasteiger partial charge in [0.15, 0.2) is 24.1 Å². The molecule has 12 nitrogen and oxygen atoms in total. The van der Waals surface area contributed by atoms with Gasteiger partial charge < -0.3 is 25.3 Å².